The zero-order valence-corrected chi connectivity index (χ0v) is 20.0. The molecular weight excluding hydrogens is 394 g/mol. The van der Waals surface area contributed by atoms with Crippen LogP contribution in [0.25, 0.3) is 0 Å². The second-order valence-corrected chi connectivity index (χ2v) is 8.61. The number of unbranched alkanes of at least 4 members (excludes halogenated alkanes) is 10. The van der Waals surface area contributed by atoms with Crippen LogP contribution in [-0.4, -0.2) is 36.0 Å². The minimum absolute atomic E-state index is 0. The summed E-state index contributed by atoms with van der Waals surface area (Å²) in [5.41, 5.74) is 0. The van der Waals surface area contributed by atoms with Gasteiger partial charge in [0.1, 0.15) is 0 Å². The number of alkyl halides is 1. The molecule has 0 N–H and O–H groups in total. The lowest BCUT2D eigenvalue weighted by Crippen LogP contribution is -3.00. The molecular formula is C22H47BrClN. The third-order valence-electron chi connectivity index (χ3n) is 5.47. The highest BCUT2D eigenvalue weighted by atomic mass is 79.9. The maximum absolute atomic E-state index is 3.63. The minimum atomic E-state index is 0. The molecule has 0 aliphatic heterocycles. The number of rotatable bonds is 19. The number of hydrogen-bond donors (Lipinski definition) is 0. The Labute approximate surface area is 174 Å². The van der Waals surface area contributed by atoms with Gasteiger partial charge in [0, 0.05) is 5.33 Å². The summed E-state index contributed by atoms with van der Waals surface area (Å²) < 4.78 is 1.43. The van der Waals surface area contributed by atoms with Crippen molar-refractivity contribution in [1.29, 1.82) is 0 Å². The second-order valence-electron chi connectivity index (χ2n) is 7.81. The minimum Gasteiger partial charge on any atom is -1.00 e. The van der Waals surface area contributed by atoms with Gasteiger partial charge in [-0.1, -0.05) is 75.2 Å². The lowest BCUT2D eigenvalue weighted by molar-refractivity contribution is -0.929. The molecule has 0 atom stereocenters. The van der Waals surface area contributed by atoms with Crippen molar-refractivity contribution in [2.24, 2.45) is 0 Å². The Hall–Kier alpha value is 0.730. The summed E-state index contributed by atoms with van der Waals surface area (Å²) in [6.07, 6.45) is 19.8. The van der Waals surface area contributed by atoms with E-state index in [1.807, 2.05) is 0 Å². The van der Waals surface area contributed by atoms with Gasteiger partial charge >= 0.3 is 0 Å². The van der Waals surface area contributed by atoms with E-state index in [9.17, 15) is 0 Å². The van der Waals surface area contributed by atoms with Crippen molar-refractivity contribution in [3.63, 3.8) is 0 Å². The SMILES string of the molecule is CCCCCC[N+](CCCCBr)(CCCCCC)CCCCCC.[Cl-]. The number of hydrogen-bond acceptors (Lipinski definition) is 0. The van der Waals surface area contributed by atoms with E-state index in [1.54, 1.807) is 0 Å². The van der Waals surface area contributed by atoms with Crippen molar-refractivity contribution in [1.82, 2.24) is 0 Å². The molecule has 0 saturated carbocycles. The number of nitrogens with zero attached hydrogens (tertiary/aromatic N) is 1. The first-order valence-corrected chi connectivity index (χ1v) is 12.3. The molecule has 0 aromatic carbocycles. The average molecular weight is 441 g/mol. The molecule has 0 aliphatic carbocycles. The predicted octanol–water partition coefficient (Wildman–Crippen LogP) is 4.72. The van der Waals surface area contributed by atoms with Crippen molar-refractivity contribution < 1.29 is 16.9 Å². The van der Waals surface area contributed by atoms with Gasteiger partial charge in [-0.05, 0) is 51.4 Å². The van der Waals surface area contributed by atoms with E-state index in [0.717, 1.165) is 0 Å². The fraction of sp³-hybridized carbons (Fsp3) is 1.00. The quantitative estimate of drug-likeness (QED) is 0.155. The van der Waals surface area contributed by atoms with Crippen molar-refractivity contribution >= 4 is 15.9 Å². The van der Waals surface area contributed by atoms with Crippen LogP contribution in [0.15, 0.2) is 0 Å². The first kappa shape index (κ1) is 27.9. The monoisotopic (exact) mass is 439 g/mol. The Balaban J connectivity index is 0. The first-order valence-electron chi connectivity index (χ1n) is 11.2. The van der Waals surface area contributed by atoms with Crippen LogP contribution in [0.4, 0.5) is 0 Å². The molecule has 3 heteroatoms. The van der Waals surface area contributed by atoms with Gasteiger partial charge < -0.3 is 16.9 Å². The first-order chi connectivity index (χ1) is 11.7. The van der Waals surface area contributed by atoms with Gasteiger partial charge in [0.05, 0.1) is 26.2 Å². The van der Waals surface area contributed by atoms with Crippen LogP contribution in [0.2, 0.25) is 0 Å². The third-order valence-corrected chi connectivity index (χ3v) is 6.03. The van der Waals surface area contributed by atoms with E-state index in [4.69, 9.17) is 0 Å². The highest BCUT2D eigenvalue weighted by Gasteiger charge is 2.25. The smallest absolute Gasteiger partial charge is 0.0786 e. The molecule has 154 valence electrons. The Bertz CT molecular complexity index is 217. The maximum atomic E-state index is 3.63. The van der Waals surface area contributed by atoms with E-state index < -0.39 is 0 Å². The molecule has 0 saturated heterocycles. The molecule has 0 aromatic rings. The molecule has 0 radical (unpaired) electrons. The summed E-state index contributed by atoms with van der Waals surface area (Å²) in [5.74, 6) is 0. The van der Waals surface area contributed by atoms with E-state index >= 15 is 0 Å². The lowest BCUT2D eigenvalue weighted by atomic mass is 10.1. The van der Waals surface area contributed by atoms with Crippen LogP contribution in [0.3, 0.4) is 0 Å². The summed E-state index contributed by atoms with van der Waals surface area (Å²) in [6, 6.07) is 0. The fourth-order valence-corrected chi connectivity index (χ4v) is 4.23. The molecule has 0 bridgehead atoms. The predicted molar refractivity (Wildman–Crippen MR) is 115 cm³/mol. The zero-order valence-electron chi connectivity index (χ0n) is 17.6. The highest BCUT2D eigenvalue weighted by Crippen LogP contribution is 2.19. The van der Waals surface area contributed by atoms with Gasteiger partial charge in [-0.2, -0.15) is 0 Å². The molecule has 25 heavy (non-hydrogen) atoms. The van der Waals surface area contributed by atoms with E-state index in [2.05, 4.69) is 36.7 Å². The molecule has 1 nitrogen and oxygen atoms in total. The molecule has 0 aliphatic rings. The summed E-state index contributed by atoms with van der Waals surface area (Å²) >= 11 is 3.63. The average Bonchev–Trinajstić information content (AvgIpc) is 2.60. The fourth-order valence-electron chi connectivity index (χ4n) is 3.83. The number of quaternary nitrogens is 1. The van der Waals surface area contributed by atoms with Crippen LogP contribution < -0.4 is 12.4 Å². The van der Waals surface area contributed by atoms with Gasteiger partial charge in [0.2, 0.25) is 0 Å². The molecule has 0 unspecified atom stereocenters. The summed E-state index contributed by atoms with van der Waals surface area (Å²) in [6.45, 7) is 12.7. The van der Waals surface area contributed by atoms with Crippen molar-refractivity contribution in [3.05, 3.63) is 0 Å². The Kier molecular flexibility index (Phi) is 23.5. The summed E-state index contributed by atoms with van der Waals surface area (Å²) in [7, 11) is 0. The standard InChI is InChI=1S/C22H47BrN.ClH/c1-4-7-10-14-19-24(22-17-13-18-23,20-15-11-8-5-2)21-16-12-9-6-3;/h4-22H2,1-3H3;1H/q+1;/p-1. The molecule has 0 spiro atoms. The van der Waals surface area contributed by atoms with Crippen molar-refractivity contribution in [2.45, 2.75) is 111 Å². The third kappa shape index (κ3) is 16.6. The molecule has 0 heterocycles. The van der Waals surface area contributed by atoms with E-state index in [0.29, 0.717) is 0 Å². The Morgan fingerprint density at radius 1 is 0.480 bits per heavy atom. The Morgan fingerprint density at radius 2 is 0.800 bits per heavy atom. The molecule has 0 fully saturated rings. The van der Waals surface area contributed by atoms with Gasteiger partial charge in [-0.15, -0.1) is 0 Å². The lowest BCUT2D eigenvalue weighted by Gasteiger charge is -2.39. The van der Waals surface area contributed by atoms with Gasteiger partial charge in [0.25, 0.3) is 0 Å². The molecule has 0 rings (SSSR count). The Morgan fingerprint density at radius 3 is 1.08 bits per heavy atom. The van der Waals surface area contributed by atoms with Gasteiger partial charge in [-0.25, -0.2) is 0 Å². The van der Waals surface area contributed by atoms with Crippen molar-refractivity contribution in [3.8, 4) is 0 Å². The molecule has 0 aromatic heterocycles. The normalized spacial score (nSPS) is 11.5. The molecule has 0 amide bonds. The van der Waals surface area contributed by atoms with E-state index in [-0.39, 0.29) is 12.4 Å². The van der Waals surface area contributed by atoms with Crippen LogP contribution in [0.1, 0.15) is 111 Å². The van der Waals surface area contributed by atoms with Crippen LogP contribution in [0, 0.1) is 0 Å². The van der Waals surface area contributed by atoms with Gasteiger partial charge in [0.15, 0.2) is 0 Å². The largest absolute Gasteiger partial charge is 1.00 e. The second kappa shape index (κ2) is 21.0. The van der Waals surface area contributed by atoms with E-state index in [1.165, 1.54) is 126 Å². The maximum Gasteiger partial charge on any atom is 0.0786 e. The van der Waals surface area contributed by atoms with Crippen molar-refractivity contribution in [2.75, 3.05) is 31.5 Å². The summed E-state index contributed by atoms with van der Waals surface area (Å²) in [5, 5.41) is 1.18. The topological polar surface area (TPSA) is 0 Å². The van der Waals surface area contributed by atoms with Crippen LogP contribution in [-0.2, 0) is 0 Å². The zero-order chi connectivity index (χ0) is 17.9. The van der Waals surface area contributed by atoms with Crippen LogP contribution >= 0.6 is 15.9 Å². The number of halogens is 2. The van der Waals surface area contributed by atoms with Crippen LogP contribution in [0.5, 0.6) is 0 Å². The highest BCUT2D eigenvalue weighted by molar-refractivity contribution is 9.09. The van der Waals surface area contributed by atoms with Gasteiger partial charge in [-0.3, -0.25) is 0 Å². The summed E-state index contributed by atoms with van der Waals surface area (Å²) in [4.78, 5) is 0.